The monoisotopic (exact) mass is 294 g/mol. The minimum atomic E-state index is -2.40. The van der Waals surface area contributed by atoms with Crippen LogP contribution in [0.1, 0.15) is 0 Å². The zero-order valence-corrected chi connectivity index (χ0v) is 13.1. The van der Waals surface area contributed by atoms with Crippen molar-refractivity contribution in [1.29, 1.82) is 0 Å². The number of benzene rings is 3. The van der Waals surface area contributed by atoms with Crippen molar-refractivity contribution in [1.82, 2.24) is 0 Å². The summed E-state index contributed by atoms with van der Waals surface area (Å²) < 4.78 is 6.24. The Bertz CT molecular complexity index is 584. The Labute approximate surface area is 126 Å². The van der Waals surface area contributed by atoms with Gasteiger partial charge in [0.1, 0.15) is 0 Å². The molecule has 0 amide bonds. The van der Waals surface area contributed by atoms with E-state index < -0.39 is 7.49 Å². The molecular formula is C19H19OP. The molecule has 0 aromatic heterocycles. The summed E-state index contributed by atoms with van der Waals surface area (Å²) in [6.45, 7) is 0. The molecular weight excluding hydrogens is 275 g/mol. The van der Waals surface area contributed by atoms with E-state index in [9.17, 15) is 0 Å². The van der Waals surface area contributed by atoms with Crippen LogP contribution in [0.4, 0.5) is 0 Å². The summed E-state index contributed by atoms with van der Waals surface area (Å²) in [5.74, 6) is 0. The number of rotatable bonds is 4. The molecule has 0 aliphatic carbocycles. The molecule has 0 unspecified atom stereocenters. The fraction of sp³-hybridized carbons (Fsp3) is 0.0526. The van der Waals surface area contributed by atoms with Crippen LogP contribution >= 0.6 is 7.49 Å². The first kappa shape index (κ1) is 14.0. The molecule has 0 fully saturated rings. The Morgan fingerprint density at radius 1 is 0.524 bits per heavy atom. The Morgan fingerprint density at radius 2 is 0.810 bits per heavy atom. The van der Waals surface area contributed by atoms with Gasteiger partial charge in [0.05, 0.1) is 0 Å². The summed E-state index contributed by atoms with van der Waals surface area (Å²) in [6, 6.07) is 31.7. The van der Waals surface area contributed by atoms with Crippen molar-refractivity contribution in [2.75, 3.05) is 7.11 Å². The van der Waals surface area contributed by atoms with Gasteiger partial charge in [-0.1, -0.05) is 0 Å². The van der Waals surface area contributed by atoms with Crippen molar-refractivity contribution in [2.24, 2.45) is 0 Å². The average Bonchev–Trinajstić information content (AvgIpc) is 2.59. The fourth-order valence-corrected chi connectivity index (χ4v) is 6.56. The van der Waals surface area contributed by atoms with Crippen molar-refractivity contribution in [2.45, 2.75) is 0 Å². The molecule has 3 aromatic carbocycles. The minimum absolute atomic E-state index is 1.27. The van der Waals surface area contributed by atoms with Gasteiger partial charge in [0, 0.05) is 0 Å². The molecule has 0 N–H and O–H groups in total. The van der Waals surface area contributed by atoms with Crippen molar-refractivity contribution in [3.63, 3.8) is 0 Å². The Morgan fingerprint density at radius 3 is 1.05 bits per heavy atom. The van der Waals surface area contributed by atoms with Crippen LogP contribution in [-0.2, 0) is 4.52 Å². The molecule has 0 aliphatic heterocycles. The molecule has 0 spiro atoms. The van der Waals surface area contributed by atoms with Crippen LogP contribution in [-0.4, -0.2) is 7.11 Å². The molecule has 0 aliphatic rings. The second-order valence-electron chi connectivity index (χ2n) is 4.98. The standard InChI is InChI=1S/C19H19OP/c1-20-21(17-11-5-2-6-12-17,18-13-7-3-8-14-18)19-15-9-4-10-16-19/h2-16,21H,1H3. The van der Waals surface area contributed by atoms with Gasteiger partial charge in [-0.05, 0) is 0 Å². The summed E-state index contributed by atoms with van der Waals surface area (Å²) in [7, 11) is -0.565. The molecule has 3 aromatic rings. The second kappa shape index (κ2) is 6.22. The van der Waals surface area contributed by atoms with E-state index in [2.05, 4.69) is 72.8 Å². The van der Waals surface area contributed by atoms with E-state index in [0.717, 1.165) is 0 Å². The average molecular weight is 294 g/mol. The predicted molar refractivity (Wildman–Crippen MR) is 93.6 cm³/mol. The van der Waals surface area contributed by atoms with E-state index in [1.165, 1.54) is 15.9 Å². The van der Waals surface area contributed by atoms with Crippen LogP contribution in [0, 0.1) is 0 Å². The quantitative estimate of drug-likeness (QED) is 0.671. The van der Waals surface area contributed by atoms with Gasteiger partial charge in [-0.25, -0.2) is 0 Å². The molecule has 0 saturated carbocycles. The molecule has 0 heterocycles. The Balaban J connectivity index is 2.29. The Hall–Kier alpha value is -1.95. The summed E-state index contributed by atoms with van der Waals surface area (Å²) in [4.78, 5) is 0. The maximum atomic E-state index is 6.24. The first-order valence-electron chi connectivity index (χ1n) is 7.09. The second-order valence-corrected chi connectivity index (χ2v) is 8.49. The van der Waals surface area contributed by atoms with Gasteiger partial charge in [0.25, 0.3) is 0 Å². The van der Waals surface area contributed by atoms with Crippen molar-refractivity contribution < 1.29 is 4.52 Å². The predicted octanol–water partition coefficient (Wildman–Crippen LogP) is 3.27. The SMILES string of the molecule is CO[PH](c1ccccc1)(c1ccccc1)c1ccccc1. The maximum absolute atomic E-state index is 6.24. The van der Waals surface area contributed by atoms with Crippen molar-refractivity contribution in [3.05, 3.63) is 91.0 Å². The third-order valence-electron chi connectivity index (χ3n) is 3.85. The van der Waals surface area contributed by atoms with E-state index in [-0.39, 0.29) is 0 Å². The molecule has 0 saturated heterocycles. The van der Waals surface area contributed by atoms with Crippen LogP contribution in [0.25, 0.3) is 0 Å². The van der Waals surface area contributed by atoms with Crippen LogP contribution < -0.4 is 15.9 Å². The van der Waals surface area contributed by atoms with Gasteiger partial charge in [0.2, 0.25) is 0 Å². The number of hydrogen-bond donors (Lipinski definition) is 0. The van der Waals surface area contributed by atoms with Gasteiger partial charge >= 0.3 is 126 Å². The third kappa shape index (κ3) is 2.51. The van der Waals surface area contributed by atoms with Crippen LogP contribution in [0.15, 0.2) is 91.0 Å². The molecule has 0 radical (unpaired) electrons. The van der Waals surface area contributed by atoms with E-state index in [0.29, 0.717) is 0 Å². The van der Waals surface area contributed by atoms with Crippen molar-refractivity contribution in [3.8, 4) is 0 Å². The first-order chi connectivity index (χ1) is 10.4. The molecule has 0 atom stereocenters. The van der Waals surface area contributed by atoms with Crippen LogP contribution in [0.5, 0.6) is 0 Å². The summed E-state index contributed by atoms with van der Waals surface area (Å²) in [6.07, 6.45) is 0. The molecule has 0 bridgehead atoms. The first-order valence-corrected chi connectivity index (χ1v) is 9.00. The van der Waals surface area contributed by atoms with E-state index in [1.54, 1.807) is 0 Å². The van der Waals surface area contributed by atoms with E-state index in [1.807, 2.05) is 25.3 Å². The zero-order chi connectivity index (χ0) is 14.5. The number of hydrogen-bond acceptors (Lipinski definition) is 1. The van der Waals surface area contributed by atoms with Gasteiger partial charge in [-0.15, -0.1) is 0 Å². The van der Waals surface area contributed by atoms with Gasteiger partial charge in [-0.2, -0.15) is 0 Å². The molecule has 3 rings (SSSR count). The molecule has 2 heteroatoms. The van der Waals surface area contributed by atoms with Crippen LogP contribution in [0.2, 0.25) is 0 Å². The molecule has 1 nitrogen and oxygen atoms in total. The van der Waals surface area contributed by atoms with E-state index in [4.69, 9.17) is 4.52 Å². The molecule has 21 heavy (non-hydrogen) atoms. The fourth-order valence-electron chi connectivity index (χ4n) is 2.87. The summed E-state index contributed by atoms with van der Waals surface area (Å²) in [5, 5.41) is 3.81. The van der Waals surface area contributed by atoms with Gasteiger partial charge in [-0.3, -0.25) is 0 Å². The zero-order valence-electron chi connectivity index (χ0n) is 12.1. The summed E-state index contributed by atoms with van der Waals surface area (Å²) >= 11 is 0. The van der Waals surface area contributed by atoms with Gasteiger partial charge in [0.15, 0.2) is 0 Å². The summed E-state index contributed by atoms with van der Waals surface area (Å²) in [5.41, 5.74) is 0. The topological polar surface area (TPSA) is 9.23 Å². The van der Waals surface area contributed by atoms with Gasteiger partial charge < -0.3 is 0 Å². The molecule has 106 valence electrons. The van der Waals surface area contributed by atoms with E-state index >= 15 is 0 Å². The Kier molecular flexibility index (Phi) is 4.15. The van der Waals surface area contributed by atoms with Crippen LogP contribution in [0.3, 0.4) is 0 Å². The van der Waals surface area contributed by atoms with Crippen molar-refractivity contribution >= 4 is 23.4 Å². The third-order valence-corrected chi connectivity index (χ3v) is 7.90. The normalized spacial score (nSPS) is 12.0.